The van der Waals surface area contributed by atoms with Crippen LogP contribution in [-0.4, -0.2) is 30.8 Å². The Morgan fingerprint density at radius 3 is 2.52 bits per heavy atom. The Bertz CT molecular complexity index is 406. The first-order valence-corrected chi connectivity index (χ1v) is 7.89. The molecule has 4 nitrogen and oxygen atoms in total. The van der Waals surface area contributed by atoms with Gasteiger partial charge >= 0.3 is 0 Å². The molecule has 0 saturated heterocycles. The molecule has 0 bridgehead atoms. The summed E-state index contributed by atoms with van der Waals surface area (Å²) in [5, 5.41) is 3.38. The van der Waals surface area contributed by atoms with Gasteiger partial charge in [0.2, 0.25) is 0 Å². The predicted molar refractivity (Wildman–Crippen MR) is 86.7 cm³/mol. The van der Waals surface area contributed by atoms with Crippen molar-refractivity contribution in [2.24, 2.45) is 5.92 Å². The number of hydrogen-bond acceptors (Lipinski definition) is 4. The number of rotatable bonds is 10. The van der Waals surface area contributed by atoms with Crippen molar-refractivity contribution in [3.05, 3.63) is 23.5 Å². The van der Waals surface area contributed by atoms with Gasteiger partial charge in [0.25, 0.3) is 0 Å². The first-order valence-electron chi connectivity index (χ1n) is 7.89. The highest BCUT2D eigenvalue weighted by Gasteiger charge is 2.07. The van der Waals surface area contributed by atoms with Crippen LogP contribution in [0, 0.1) is 12.8 Å². The van der Waals surface area contributed by atoms with Crippen molar-refractivity contribution in [3.8, 4) is 5.75 Å². The lowest BCUT2D eigenvalue weighted by atomic mass is 10.1. The number of aromatic nitrogens is 1. The van der Waals surface area contributed by atoms with E-state index in [1.54, 1.807) is 0 Å². The van der Waals surface area contributed by atoms with Crippen LogP contribution < -0.4 is 10.1 Å². The lowest BCUT2D eigenvalue weighted by molar-refractivity contribution is 0.0920. The second-order valence-corrected chi connectivity index (χ2v) is 6.08. The average molecular weight is 294 g/mol. The molecule has 0 unspecified atom stereocenters. The zero-order chi connectivity index (χ0) is 15.7. The Labute approximate surface area is 129 Å². The molecule has 0 aromatic carbocycles. The standard InChI is InChI=1S/C17H30N2O2/c1-13(2)8-9-20-10-11-21-17-7-6-15(5)19-16(17)12-18-14(3)4/h6-7,13-14,18H,8-12H2,1-5H3. The van der Waals surface area contributed by atoms with E-state index in [1.807, 2.05) is 19.1 Å². The van der Waals surface area contributed by atoms with Crippen molar-refractivity contribution in [1.29, 1.82) is 0 Å². The summed E-state index contributed by atoms with van der Waals surface area (Å²) in [6.07, 6.45) is 1.09. The van der Waals surface area contributed by atoms with E-state index in [0.717, 1.165) is 36.7 Å². The van der Waals surface area contributed by atoms with E-state index in [4.69, 9.17) is 9.47 Å². The largest absolute Gasteiger partial charge is 0.489 e. The van der Waals surface area contributed by atoms with Gasteiger partial charge in [-0.25, -0.2) is 0 Å². The van der Waals surface area contributed by atoms with Crippen LogP contribution in [0.5, 0.6) is 5.75 Å². The zero-order valence-electron chi connectivity index (χ0n) is 14.1. The highest BCUT2D eigenvalue weighted by Crippen LogP contribution is 2.17. The van der Waals surface area contributed by atoms with Crippen molar-refractivity contribution < 1.29 is 9.47 Å². The number of hydrogen-bond donors (Lipinski definition) is 1. The molecule has 0 aliphatic carbocycles. The molecule has 1 rings (SSSR count). The van der Waals surface area contributed by atoms with E-state index in [1.165, 1.54) is 0 Å². The minimum absolute atomic E-state index is 0.430. The molecule has 0 aliphatic heterocycles. The summed E-state index contributed by atoms with van der Waals surface area (Å²) in [5.41, 5.74) is 1.97. The van der Waals surface area contributed by atoms with Gasteiger partial charge in [-0.2, -0.15) is 0 Å². The predicted octanol–water partition coefficient (Wildman–Crippen LogP) is 3.33. The minimum Gasteiger partial charge on any atom is -0.489 e. The number of nitrogens with zero attached hydrogens (tertiary/aromatic N) is 1. The molecule has 0 spiro atoms. The van der Waals surface area contributed by atoms with Gasteiger partial charge in [-0.1, -0.05) is 27.7 Å². The molecule has 0 amide bonds. The van der Waals surface area contributed by atoms with Gasteiger partial charge in [-0.05, 0) is 31.4 Å². The minimum atomic E-state index is 0.430. The van der Waals surface area contributed by atoms with E-state index in [-0.39, 0.29) is 0 Å². The maximum absolute atomic E-state index is 5.80. The van der Waals surface area contributed by atoms with Crippen molar-refractivity contribution >= 4 is 0 Å². The van der Waals surface area contributed by atoms with Gasteiger partial charge in [0.15, 0.2) is 0 Å². The maximum atomic E-state index is 5.80. The molecule has 0 fully saturated rings. The summed E-state index contributed by atoms with van der Waals surface area (Å²) in [7, 11) is 0. The lowest BCUT2D eigenvalue weighted by Gasteiger charge is -2.14. The van der Waals surface area contributed by atoms with E-state index in [2.05, 4.69) is 38.0 Å². The summed E-state index contributed by atoms with van der Waals surface area (Å²) in [6.45, 7) is 13.4. The number of ether oxygens (including phenoxy) is 2. The van der Waals surface area contributed by atoms with Gasteiger partial charge in [0.1, 0.15) is 12.4 Å². The Hall–Kier alpha value is -1.13. The first kappa shape index (κ1) is 17.9. The molecule has 0 saturated carbocycles. The van der Waals surface area contributed by atoms with Crippen LogP contribution in [0.25, 0.3) is 0 Å². The van der Waals surface area contributed by atoms with Gasteiger partial charge in [0, 0.05) is 24.9 Å². The van der Waals surface area contributed by atoms with Crippen molar-refractivity contribution in [3.63, 3.8) is 0 Å². The van der Waals surface area contributed by atoms with E-state index < -0.39 is 0 Å². The van der Waals surface area contributed by atoms with Crippen LogP contribution in [-0.2, 0) is 11.3 Å². The summed E-state index contributed by atoms with van der Waals surface area (Å²) in [6, 6.07) is 4.40. The Balaban J connectivity index is 2.39. The molecule has 0 radical (unpaired) electrons. The van der Waals surface area contributed by atoms with Gasteiger partial charge in [-0.3, -0.25) is 4.98 Å². The molecule has 21 heavy (non-hydrogen) atoms. The van der Waals surface area contributed by atoms with Gasteiger partial charge in [-0.15, -0.1) is 0 Å². The summed E-state index contributed by atoms with van der Waals surface area (Å²) < 4.78 is 11.4. The van der Waals surface area contributed by atoms with Crippen LogP contribution in [0.15, 0.2) is 12.1 Å². The summed E-state index contributed by atoms with van der Waals surface area (Å²) in [5.74, 6) is 1.53. The fourth-order valence-corrected chi connectivity index (χ4v) is 1.79. The van der Waals surface area contributed by atoms with Crippen molar-refractivity contribution in [1.82, 2.24) is 10.3 Å². The fourth-order valence-electron chi connectivity index (χ4n) is 1.79. The third kappa shape index (κ3) is 8.02. The average Bonchev–Trinajstić information content (AvgIpc) is 2.41. The Kier molecular flexibility index (Phi) is 8.31. The number of aryl methyl sites for hydroxylation is 1. The van der Waals surface area contributed by atoms with Crippen LogP contribution in [0.4, 0.5) is 0 Å². The zero-order valence-corrected chi connectivity index (χ0v) is 14.1. The van der Waals surface area contributed by atoms with Crippen LogP contribution in [0.1, 0.15) is 45.5 Å². The summed E-state index contributed by atoms with van der Waals surface area (Å²) in [4.78, 5) is 4.56. The molecule has 0 aliphatic rings. The molecule has 1 N–H and O–H groups in total. The monoisotopic (exact) mass is 294 g/mol. The van der Waals surface area contributed by atoms with E-state index in [9.17, 15) is 0 Å². The number of nitrogens with one attached hydrogen (secondary N) is 1. The van der Waals surface area contributed by atoms with Crippen LogP contribution in [0.2, 0.25) is 0 Å². The van der Waals surface area contributed by atoms with Crippen LogP contribution in [0.3, 0.4) is 0 Å². The quantitative estimate of drug-likeness (QED) is 0.672. The lowest BCUT2D eigenvalue weighted by Crippen LogP contribution is -2.23. The fraction of sp³-hybridized carbons (Fsp3) is 0.706. The Morgan fingerprint density at radius 1 is 1.10 bits per heavy atom. The molecule has 1 aromatic rings. The summed E-state index contributed by atoms with van der Waals surface area (Å²) >= 11 is 0. The maximum Gasteiger partial charge on any atom is 0.142 e. The molecule has 1 aromatic heterocycles. The second-order valence-electron chi connectivity index (χ2n) is 6.08. The van der Waals surface area contributed by atoms with Gasteiger partial charge < -0.3 is 14.8 Å². The highest BCUT2D eigenvalue weighted by molar-refractivity contribution is 5.29. The third-order valence-corrected chi connectivity index (χ3v) is 3.07. The SMILES string of the molecule is Cc1ccc(OCCOCCC(C)C)c(CNC(C)C)n1. The number of pyridine rings is 1. The molecular weight excluding hydrogens is 264 g/mol. The topological polar surface area (TPSA) is 43.4 Å². The highest BCUT2D eigenvalue weighted by atomic mass is 16.5. The smallest absolute Gasteiger partial charge is 0.142 e. The molecular formula is C17H30N2O2. The first-order chi connectivity index (χ1) is 9.99. The molecule has 120 valence electrons. The second kappa shape index (κ2) is 9.74. The third-order valence-electron chi connectivity index (χ3n) is 3.07. The normalized spacial score (nSPS) is 11.4. The Morgan fingerprint density at radius 2 is 1.86 bits per heavy atom. The molecule has 0 atom stereocenters. The molecule has 4 heteroatoms. The van der Waals surface area contributed by atoms with E-state index >= 15 is 0 Å². The van der Waals surface area contributed by atoms with E-state index in [0.29, 0.717) is 25.2 Å². The van der Waals surface area contributed by atoms with Crippen LogP contribution >= 0.6 is 0 Å². The molecule has 1 heterocycles. The van der Waals surface area contributed by atoms with Crippen molar-refractivity contribution in [2.45, 2.75) is 53.6 Å². The van der Waals surface area contributed by atoms with Gasteiger partial charge in [0.05, 0.1) is 12.3 Å². The van der Waals surface area contributed by atoms with Crippen molar-refractivity contribution in [2.75, 3.05) is 19.8 Å².